The summed E-state index contributed by atoms with van der Waals surface area (Å²) < 4.78 is 29.5. The summed E-state index contributed by atoms with van der Waals surface area (Å²) in [5.41, 5.74) is 0.386. The summed E-state index contributed by atoms with van der Waals surface area (Å²) in [4.78, 5) is 19.1. The van der Waals surface area contributed by atoms with Crippen molar-refractivity contribution in [1.29, 1.82) is 0 Å². The molecular weight excluding hydrogens is 520 g/mol. The number of rotatable bonds is 6. The van der Waals surface area contributed by atoms with E-state index in [-0.39, 0.29) is 15.1 Å². The predicted octanol–water partition coefficient (Wildman–Crippen LogP) is 5.36. The molecule has 2 N–H and O–H groups in total. The number of sulfonamides is 1. The van der Waals surface area contributed by atoms with E-state index in [9.17, 15) is 18.3 Å². The number of benzene rings is 2. The largest absolute Gasteiger partial charge is 0.385 e. The van der Waals surface area contributed by atoms with Gasteiger partial charge in [-0.25, -0.2) is 13.4 Å². The van der Waals surface area contributed by atoms with Gasteiger partial charge in [-0.3, -0.25) is 9.52 Å². The zero-order valence-corrected chi connectivity index (χ0v) is 21.9. The average molecular weight is 551 g/mol. The number of hydrogen-bond acceptors (Lipinski definition) is 6. The van der Waals surface area contributed by atoms with E-state index in [0.29, 0.717) is 41.6 Å². The van der Waals surface area contributed by atoms with Crippen LogP contribution in [0.25, 0.3) is 10.9 Å². The van der Waals surface area contributed by atoms with Gasteiger partial charge in [0.15, 0.2) is 5.13 Å². The van der Waals surface area contributed by atoms with Gasteiger partial charge in [0.1, 0.15) is 6.04 Å². The number of amides is 1. The third-order valence-electron chi connectivity index (χ3n) is 6.72. The van der Waals surface area contributed by atoms with Crippen molar-refractivity contribution in [2.75, 3.05) is 17.8 Å². The van der Waals surface area contributed by atoms with Crippen molar-refractivity contribution in [2.24, 2.45) is 0 Å². The van der Waals surface area contributed by atoms with Crippen LogP contribution in [0.2, 0.25) is 5.02 Å². The van der Waals surface area contributed by atoms with Crippen LogP contribution in [0, 0.1) is 0 Å². The highest BCUT2D eigenvalue weighted by Crippen LogP contribution is 2.34. The fourth-order valence-corrected chi connectivity index (χ4v) is 6.58. The van der Waals surface area contributed by atoms with Crippen LogP contribution in [-0.4, -0.2) is 47.0 Å². The number of aliphatic hydroxyl groups is 1. The van der Waals surface area contributed by atoms with Gasteiger partial charge >= 0.3 is 0 Å². The first-order valence-electron chi connectivity index (χ1n) is 11.5. The lowest BCUT2D eigenvalue weighted by atomic mass is 9.84. The van der Waals surface area contributed by atoms with Crippen molar-refractivity contribution in [3.63, 3.8) is 0 Å². The van der Waals surface area contributed by atoms with Crippen LogP contribution < -0.4 is 4.72 Å². The Labute approximate surface area is 222 Å². The molecule has 8 nitrogen and oxygen atoms in total. The second-order valence-electron chi connectivity index (χ2n) is 8.93. The fourth-order valence-electron chi connectivity index (χ4n) is 4.62. The molecule has 0 saturated carbocycles. The Morgan fingerprint density at radius 3 is 2.58 bits per heavy atom. The molecular formula is C25H31ClN4O4S2. The van der Waals surface area contributed by atoms with Crippen LogP contribution in [0.4, 0.5) is 5.13 Å². The van der Waals surface area contributed by atoms with Crippen molar-refractivity contribution in [2.45, 2.75) is 36.3 Å². The third-order valence-corrected chi connectivity index (χ3v) is 9.13. The van der Waals surface area contributed by atoms with E-state index >= 15 is 0 Å². The second kappa shape index (κ2) is 9.51. The summed E-state index contributed by atoms with van der Waals surface area (Å²) in [7, 11) is -3.77. The summed E-state index contributed by atoms with van der Waals surface area (Å²) in [6.45, 7) is 2.65. The van der Waals surface area contributed by atoms with Gasteiger partial charge in [0.05, 0.1) is 16.0 Å². The molecule has 3 heterocycles. The van der Waals surface area contributed by atoms with Gasteiger partial charge in [0.2, 0.25) is 5.91 Å². The Morgan fingerprint density at radius 1 is 1.19 bits per heavy atom. The van der Waals surface area contributed by atoms with Crippen LogP contribution in [-0.2, 0) is 20.4 Å². The number of piperidine rings is 1. The standard InChI is InChI=1S/C25H25ClN4O4S2.3H2/c1-17(30-12-8-18-2-5-20(26)16-22(18)30)23(31)29-13-9-25(32,10-14-29)19-3-6-21(7-4-19)36(33,34)28-24-27-11-15-35-24;;;/h2-8,11-12,15-17,32H,9-10,13-14H2,1H3,(H,27,28);3*1H/t17-;;;/m1.../s1. The molecule has 1 atom stereocenters. The molecule has 1 aliphatic rings. The zero-order chi connectivity index (χ0) is 25.5. The molecule has 0 unspecified atom stereocenters. The lowest BCUT2D eigenvalue weighted by Gasteiger charge is -2.39. The Hall–Kier alpha value is -2.92. The van der Waals surface area contributed by atoms with Crippen LogP contribution in [0.15, 0.2) is 71.2 Å². The molecule has 1 fully saturated rings. The highest BCUT2D eigenvalue weighted by Gasteiger charge is 2.37. The maximum absolute atomic E-state index is 13.3. The Morgan fingerprint density at radius 2 is 1.92 bits per heavy atom. The predicted molar refractivity (Wildman–Crippen MR) is 147 cm³/mol. The average Bonchev–Trinajstić information content (AvgIpc) is 3.53. The van der Waals surface area contributed by atoms with Crippen molar-refractivity contribution in [3.8, 4) is 0 Å². The molecule has 11 heteroatoms. The van der Waals surface area contributed by atoms with Crippen molar-refractivity contribution in [1.82, 2.24) is 14.5 Å². The van der Waals surface area contributed by atoms with Crippen molar-refractivity contribution >= 4 is 54.9 Å². The fraction of sp³-hybridized carbons (Fsp3) is 0.280. The highest BCUT2D eigenvalue weighted by molar-refractivity contribution is 7.93. The smallest absolute Gasteiger partial charge is 0.263 e. The molecule has 1 amide bonds. The Bertz CT molecular complexity index is 1510. The number of thiazole rings is 1. The van der Waals surface area contributed by atoms with E-state index in [1.807, 2.05) is 42.0 Å². The monoisotopic (exact) mass is 550 g/mol. The van der Waals surface area contributed by atoms with Gasteiger partial charge in [-0.2, -0.15) is 0 Å². The third kappa shape index (κ3) is 4.73. The second-order valence-corrected chi connectivity index (χ2v) is 11.9. The first-order valence-corrected chi connectivity index (χ1v) is 14.2. The van der Waals surface area contributed by atoms with E-state index in [4.69, 9.17) is 11.6 Å². The summed E-state index contributed by atoms with van der Waals surface area (Å²) in [5, 5.41) is 14.9. The molecule has 0 spiro atoms. The first-order chi connectivity index (χ1) is 17.2. The van der Waals surface area contributed by atoms with Gasteiger partial charge in [-0.15, -0.1) is 11.3 Å². The zero-order valence-electron chi connectivity index (χ0n) is 19.5. The SMILES string of the molecule is C[C@H](C(=O)N1CCC(O)(c2ccc(S(=O)(=O)Nc3nccs3)cc2)CC1)n1ccc2ccc(Cl)cc21.[HH].[HH].[HH]. The minimum atomic E-state index is -3.77. The first kappa shape index (κ1) is 24.8. The summed E-state index contributed by atoms with van der Waals surface area (Å²) in [6, 6.07) is 13.4. The molecule has 2 aromatic carbocycles. The van der Waals surface area contributed by atoms with Gasteiger partial charge in [-0.1, -0.05) is 29.8 Å². The summed E-state index contributed by atoms with van der Waals surface area (Å²) in [6.07, 6.45) is 4.12. The number of fused-ring (bicyclic) bond motifs is 1. The number of hydrogen-bond donors (Lipinski definition) is 2. The van der Waals surface area contributed by atoms with Crippen LogP contribution >= 0.6 is 22.9 Å². The molecule has 0 bridgehead atoms. The van der Waals surface area contributed by atoms with Gasteiger partial charge < -0.3 is 14.6 Å². The Balaban J connectivity index is 0.00000178. The molecule has 36 heavy (non-hydrogen) atoms. The molecule has 4 aromatic rings. The maximum atomic E-state index is 13.3. The topological polar surface area (TPSA) is 105 Å². The van der Waals surface area contributed by atoms with Crippen molar-refractivity contribution < 1.29 is 22.6 Å². The van der Waals surface area contributed by atoms with E-state index in [2.05, 4.69) is 9.71 Å². The molecule has 0 aliphatic carbocycles. The quantitative estimate of drug-likeness (QED) is 0.336. The number of carbonyl (C=O) groups excluding carboxylic acids is 1. The maximum Gasteiger partial charge on any atom is 0.263 e. The number of likely N-dealkylation sites (tertiary alicyclic amines) is 1. The molecule has 194 valence electrons. The molecule has 5 rings (SSSR count). The minimum Gasteiger partial charge on any atom is -0.385 e. The van der Waals surface area contributed by atoms with Crippen molar-refractivity contribution in [3.05, 3.63) is 76.9 Å². The lowest BCUT2D eigenvalue weighted by molar-refractivity contribution is -0.138. The van der Waals surface area contributed by atoms with Crippen LogP contribution in [0.3, 0.4) is 0 Å². The van der Waals surface area contributed by atoms with E-state index in [0.717, 1.165) is 10.9 Å². The summed E-state index contributed by atoms with van der Waals surface area (Å²) >= 11 is 7.35. The lowest BCUT2D eigenvalue weighted by Crippen LogP contribution is -2.47. The number of nitrogens with one attached hydrogen (secondary N) is 1. The highest BCUT2D eigenvalue weighted by atomic mass is 35.5. The molecule has 0 radical (unpaired) electrons. The minimum absolute atomic E-state index is 0. The number of carbonyl (C=O) groups is 1. The number of anilines is 1. The number of halogens is 1. The normalized spacial score (nSPS) is 16.7. The van der Waals surface area contributed by atoms with E-state index in [1.54, 1.807) is 22.4 Å². The number of aromatic nitrogens is 2. The van der Waals surface area contributed by atoms with Gasteiger partial charge in [0, 0.05) is 40.2 Å². The molecule has 2 aromatic heterocycles. The van der Waals surface area contributed by atoms with E-state index in [1.165, 1.54) is 29.7 Å². The van der Waals surface area contributed by atoms with E-state index < -0.39 is 21.7 Å². The van der Waals surface area contributed by atoms with Gasteiger partial charge in [0.25, 0.3) is 10.0 Å². The number of nitrogens with zero attached hydrogens (tertiary/aromatic N) is 3. The van der Waals surface area contributed by atoms with Crippen LogP contribution in [0.1, 0.15) is 35.7 Å². The van der Waals surface area contributed by atoms with Crippen LogP contribution in [0.5, 0.6) is 0 Å². The Kier molecular flexibility index (Phi) is 6.54. The van der Waals surface area contributed by atoms with Gasteiger partial charge in [-0.05, 0) is 61.0 Å². The summed E-state index contributed by atoms with van der Waals surface area (Å²) in [5.74, 6) is -0.0239. The molecule has 1 aliphatic heterocycles. The molecule has 1 saturated heterocycles.